The van der Waals surface area contributed by atoms with Crippen LogP contribution in [0, 0.1) is 28.0 Å². The number of hydrogen-bond acceptors (Lipinski definition) is 9. The first kappa shape index (κ1) is 37.6. The van der Waals surface area contributed by atoms with Crippen molar-refractivity contribution in [1.82, 2.24) is 20.4 Å². The molecule has 1 saturated carbocycles. The van der Waals surface area contributed by atoms with Crippen LogP contribution in [-0.2, 0) is 22.7 Å². The third-order valence-corrected chi connectivity index (χ3v) is 12.8. The van der Waals surface area contributed by atoms with Crippen LogP contribution in [0.5, 0.6) is 5.75 Å². The van der Waals surface area contributed by atoms with Crippen LogP contribution < -0.4 is 20.3 Å². The summed E-state index contributed by atoms with van der Waals surface area (Å²) in [5, 5.41) is 14.8. The van der Waals surface area contributed by atoms with E-state index in [0.717, 1.165) is 28.9 Å². The minimum absolute atomic E-state index is 0.0302. The van der Waals surface area contributed by atoms with Crippen LogP contribution in [0.3, 0.4) is 0 Å². The van der Waals surface area contributed by atoms with Gasteiger partial charge in [-0.05, 0) is 72.9 Å². The van der Waals surface area contributed by atoms with Gasteiger partial charge in [0.15, 0.2) is 0 Å². The van der Waals surface area contributed by atoms with Crippen LogP contribution >= 0.6 is 11.6 Å². The number of fused-ring (bicyclic) bond motifs is 2. The highest BCUT2D eigenvalue weighted by Gasteiger charge is 2.64. The van der Waals surface area contributed by atoms with Gasteiger partial charge >= 0.3 is 0 Å². The van der Waals surface area contributed by atoms with E-state index in [9.17, 15) is 29.2 Å². The van der Waals surface area contributed by atoms with Crippen molar-refractivity contribution < 1.29 is 33.1 Å². The number of amides is 5. The molecule has 2 saturated heterocycles. The number of imide groups is 2. The number of benzene rings is 3. The number of hydrogen-bond donors (Lipinski definition) is 2. The lowest BCUT2D eigenvalue weighted by Gasteiger charge is -2.63. The maximum atomic E-state index is 15.6. The molecule has 12 nitrogen and oxygen atoms in total. The Labute approximate surface area is 328 Å². The summed E-state index contributed by atoms with van der Waals surface area (Å²) >= 11 is 6.22. The molecule has 0 aromatic heterocycles. The maximum Gasteiger partial charge on any atom is 0.262 e. The molecule has 3 fully saturated rings. The first-order chi connectivity index (χ1) is 26.6. The van der Waals surface area contributed by atoms with Crippen molar-refractivity contribution in [2.24, 2.45) is 10.8 Å². The van der Waals surface area contributed by atoms with Crippen LogP contribution in [0.1, 0.15) is 101 Å². The molecule has 3 aromatic carbocycles. The van der Waals surface area contributed by atoms with Gasteiger partial charge in [0.2, 0.25) is 11.8 Å². The third-order valence-electron chi connectivity index (χ3n) is 12.5. The Kier molecular flexibility index (Phi) is 9.20. The first-order valence-corrected chi connectivity index (χ1v) is 19.3. The molecule has 8 rings (SSSR count). The van der Waals surface area contributed by atoms with Gasteiger partial charge in [0.25, 0.3) is 17.7 Å². The zero-order valence-corrected chi connectivity index (χ0v) is 32.3. The smallest absolute Gasteiger partial charge is 0.262 e. The number of nitrogens with one attached hydrogen (secondary N) is 2. The zero-order valence-electron chi connectivity index (χ0n) is 31.6. The van der Waals surface area contributed by atoms with Crippen molar-refractivity contribution in [1.29, 1.82) is 5.26 Å². The number of nitrogens with zero attached hydrogens (tertiary/aromatic N) is 4. The highest BCUT2D eigenvalue weighted by molar-refractivity contribution is 6.31. The Morgan fingerprint density at radius 3 is 2.14 bits per heavy atom. The minimum atomic E-state index is -0.997. The molecule has 0 radical (unpaired) electrons. The van der Waals surface area contributed by atoms with E-state index in [4.69, 9.17) is 16.3 Å². The summed E-state index contributed by atoms with van der Waals surface area (Å²) in [7, 11) is 0. The molecule has 4 heterocycles. The minimum Gasteiger partial charge on any atom is -0.489 e. The maximum absolute atomic E-state index is 15.6. The van der Waals surface area contributed by atoms with E-state index in [1.807, 2.05) is 33.8 Å². The van der Waals surface area contributed by atoms with Gasteiger partial charge in [0.1, 0.15) is 29.8 Å². The van der Waals surface area contributed by atoms with Crippen LogP contribution in [0.15, 0.2) is 48.5 Å². The highest BCUT2D eigenvalue weighted by Crippen LogP contribution is 2.55. The molecule has 3 aromatic rings. The summed E-state index contributed by atoms with van der Waals surface area (Å²) in [4.78, 5) is 69.7. The molecule has 290 valence electrons. The summed E-state index contributed by atoms with van der Waals surface area (Å²) in [6.07, 6.45) is 1.54. The van der Waals surface area contributed by atoms with Gasteiger partial charge in [-0.25, -0.2) is 4.39 Å². The molecule has 1 unspecified atom stereocenters. The monoisotopic (exact) mass is 780 g/mol. The van der Waals surface area contributed by atoms with Gasteiger partial charge in [-0.15, -0.1) is 0 Å². The fourth-order valence-corrected chi connectivity index (χ4v) is 10.0. The molecule has 5 amide bonds. The van der Waals surface area contributed by atoms with E-state index in [0.29, 0.717) is 48.2 Å². The standard InChI is InChI=1S/C42H42ClFN6O6/c1-41(2)39(42(3,4)40(41)56-27-7-5-22(19-45)31(43)18-27)47-35(52)28-8-6-26(17-32(28)44)48-13-11-25(12-14-48)49-20-23-15-29-30(16-24(23)21-49)38(55)50(37(29)54)33-9-10-34(51)46-36(33)53/h5-8,15-18,25,33,39-40H,9-14,20-21H2,1-4H3,(H,47,52)(H,46,51,53)/t33?,39-,40-. The summed E-state index contributed by atoms with van der Waals surface area (Å²) in [6, 6.07) is 14.2. The van der Waals surface area contributed by atoms with Crippen LogP contribution in [0.25, 0.3) is 0 Å². The second-order valence-corrected chi connectivity index (χ2v) is 17.1. The van der Waals surface area contributed by atoms with Crippen LogP contribution in [0.4, 0.5) is 10.1 Å². The topological polar surface area (TPSA) is 152 Å². The predicted molar refractivity (Wildman–Crippen MR) is 203 cm³/mol. The second kappa shape index (κ2) is 13.7. The summed E-state index contributed by atoms with van der Waals surface area (Å²) in [5.41, 5.74) is 2.57. The molecule has 0 bridgehead atoms. The van der Waals surface area contributed by atoms with Crippen molar-refractivity contribution in [2.45, 2.75) is 90.7 Å². The Bertz CT molecular complexity index is 2200. The lowest BCUT2D eigenvalue weighted by atomic mass is 9.49. The molecule has 14 heteroatoms. The molecule has 1 aliphatic carbocycles. The number of carbonyl (C=O) groups excluding carboxylic acids is 5. The van der Waals surface area contributed by atoms with E-state index in [1.165, 1.54) is 12.1 Å². The Morgan fingerprint density at radius 1 is 0.929 bits per heavy atom. The van der Waals surface area contributed by atoms with Gasteiger partial charge in [-0.1, -0.05) is 39.3 Å². The molecular formula is C42H42ClFN6O6. The Morgan fingerprint density at radius 2 is 1.57 bits per heavy atom. The average Bonchev–Trinajstić information content (AvgIpc) is 3.69. The van der Waals surface area contributed by atoms with Gasteiger partial charge in [-0.3, -0.25) is 39.1 Å². The molecule has 5 aliphatic rings. The molecule has 1 atom stereocenters. The van der Waals surface area contributed by atoms with Crippen molar-refractivity contribution in [2.75, 3.05) is 18.0 Å². The largest absolute Gasteiger partial charge is 0.489 e. The van der Waals surface area contributed by atoms with Crippen LogP contribution in [0.2, 0.25) is 5.02 Å². The van der Waals surface area contributed by atoms with Crippen molar-refractivity contribution in [3.8, 4) is 11.8 Å². The number of carbonyl (C=O) groups is 5. The first-order valence-electron chi connectivity index (χ1n) is 18.9. The van der Waals surface area contributed by atoms with E-state index in [-0.39, 0.29) is 47.7 Å². The van der Waals surface area contributed by atoms with Gasteiger partial charge in [0, 0.05) is 67.3 Å². The van der Waals surface area contributed by atoms with Crippen molar-refractivity contribution in [3.63, 3.8) is 0 Å². The van der Waals surface area contributed by atoms with E-state index < -0.39 is 52.2 Å². The van der Waals surface area contributed by atoms with Crippen LogP contribution in [-0.4, -0.2) is 76.7 Å². The lowest BCUT2D eigenvalue weighted by Crippen LogP contribution is -2.74. The van der Waals surface area contributed by atoms with Gasteiger partial charge in [-0.2, -0.15) is 5.26 Å². The quantitative estimate of drug-likeness (QED) is 0.303. The number of anilines is 1. The second-order valence-electron chi connectivity index (χ2n) is 16.7. The SMILES string of the molecule is CC1(C)[C@H](NC(=O)c2ccc(N3CCC(N4Cc5cc6c(cc5C4)C(=O)N(C4CCC(=O)NC4=O)C6=O)CC3)cc2F)C(C)(C)[C@H]1Oc1ccc(C#N)c(Cl)c1. The molecular weight excluding hydrogens is 739 g/mol. The normalized spacial score (nSPS) is 24.3. The summed E-state index contributed by atoms with van der Waals surface area (Å²) < 4.78 is 22.0. The molecule has 2 N–H and O–H groups in total. The zero-order chi connectivity index (χ0) is 39.8. The van der Waals surface area contributed by atoms with Crippen molar-refractivity contribution >= 4 is 46.8 Å². The molecule has 0 spiro atoms. The predicted octanol–water partition coefficient (Wildman–Crippen LogP) is 5.35. The fourth-order valence-electron chi connectivity index (χ4n) is 9.83. The van der Waals surface area contributed by atoms with E-state index >= 15 is 4.39 Å². The summed E-state index contributed by atoms with van der Waals surface area (Å²) in [6.45, 7) is 10.6. The number of rotatable bonds is 7. The Hall–Kier alpha value is -5.32. The highest BCUT2D eigenvalue weighted by atomic mass is 35.5. The Balaban J connectivity index is 0.864. The fraction of sp³-hybridized carbons (Fsp3) is 0.429. The third kappa shape index (κ3) is 6.19. The van der Waals surface area contributed by atoms with Crippen molar-refractivity contribution in [3.05, 3.63) is 92.8 Å². The number of piperidine rings is 2. The number of halogens is 2. The molecule has 56 heavy (non-hydrogen) atoms. The molecule has 4 aliphatic heterocycles. The van der Waals surface area contributed by atoms with Gasteiger partial charge in [0.05, 0.1) is 27.3 Å². The number of ether oxygens (including phenoxy) is 1. The van der Waals surface area contributed by atoms with Gasteiger partial charge < -0.3 is 15.0 Å². The number of nitriles is 1. The average molecular weight is 781 g/mol. The summed E-state index contributed by atoms with van der Waals surface area (Å²) in [5.74, 6) is -2.62. The van der Waals surface area contributed by atoms with E-state index in [1.54, 1.807) is 36.4 Å². The van der Waals surface area contributed by atoms with E-state index in [2.05, 4.69) is 20.4 Å². The lowest BCUT2D eigenvalue weighted by molar-refractivity contribution is -0.164.